The van der Waals surface area contributed by atoms with Crippen LogP contribution in [0.25, 0.3) is 0 Å². The Bertz CT molecular complexity index is 553. The van der Waals surface area contributed by atoms with E-state index in [0.717, 1.165) is 29.9 Å². The van der Waals surface area contributed by atoms with Crippen molar-refractivity contribution in [3.05, 3.63) is 23.8 Å². The minimum atomic E-state index is 0.122. The summed E-state index contributed by atoms with van der Waals surface area (Å²) in [5, 5.41) is 3.15. The number of nitrogens with zero attached hydrogens (tertiary/aromatic N) is 1. The molecule has 3 rings (SSSR count). The van der Waals surface area contributed by atoms with Crippen molar-refractivity contribution >= 4 is 5.91 Å². The molecule has 126 valence electrons. The summed E-state index contributed by atoms with van der Waals surface area (Å²) in [4.78, 5) is 14.5. The molecular formula is C18H26N2O3. The van der Waals surface area contributed by atoms with E-state index < -0.39 is 0 Å². The maximum absolute atomic E-state index is 12.4. The lowest BCUT2D eigenvalue weighted by molar-refractivity contribution is -0.126. The summed E-state index contributed by atoms with van der Waals surface area (Å²) in [5.74, 6) is 1.98. The highest BCUT2D eigenvalue weighted by Gasteiger charge is 2.24. The maximum Gasteiger partial charge on any atom is 0.231 e. The SMILES string of the molecule is CN(C)[C@@H](CNC(=O)C1CCCCC1)c1ccc2c(c1)OCO2. The molecule has 2 aliphatic rings. The van der Waals surface area contributed by atoms with E-state index in [4.69, 9.17) is 9.47 Å². The molecule has 0 aromatic heterocycles. The van der Waals surface area contributed by atoms with Gasteiger partial charge >= 0.3 is 0 Å². The van der Waals surface area contributed by atoms with Crippen LogP contribution in [0.15, 0.2) is 18.2 Å². The first-order valence-electron chi connectivity index (χ1n) is 8.49. The van der Waals surface area contributed by atoms with E-state index in [9.17, 15) is 4.79 Å². The number of nitrogens with one attached hydrogen (secondary N) is 1. The minimum Gasteiger partial charge on any atom is -0.454 e. The van der Waals surface area contributed by atoms with Crippen LogP contribution >= 0.6 is 0 Å². The van der Waals surface area contributed by atoms with Crippen molar-refractivity contribution in [1.82, 2.24) is 10.2 Å². The predicted molar refractivity (Wildman–Crippen MR) is 88.6 cm³/mol. The summed E-state index contributed by atoms with van der Waals surface area (Å²) < 4.78 is 10.8. The first-order chi connectivity index (χ1) is 11.1. The highest BCUT2D eigenvalue weighted by molar-refractivity contribution is 5.78. The number of rotatable bonds is 5. The molecule has 0 saturated heterocycles. The summed E-state index contributed by atoms with van der Waals surface area (Å²) in [7, 11) is 4.06. The zero-order valence-electron chi connectivity index (χ0n) is 14.0. The minimum absolute atomic E-state index is 0.122. The Morgan fingerprint density at radius 1 is 1.22 bits per heavy atom. The third kappa shape index (κ3) is 3.78. The number of benzene rings is 1. The zero-order chi connectivity index (χ0) is 16.2. The number of carbonyl (C=O) groups excluding carboxylic acids is 1. The Kier molecular flexibility index (Phi) is 5.06. The van der Waals surface area contributed by atoms with Crippen molar-refractivity contribution in [2.75, 3.05) is 27.4 Å². The van der Waals surface area contributed by atoms with Gasteiger partial charge in [-0.3, -0.25) is 4.79 Å². The van der Waals surface area contributed by atoms with Gasteiger partial charge in [0, 0.05) is 12.5 Å². The third-order valence-electron chi connectivity index (χ3n) is 4.85. The topological polar surface area (TPSA) is 50.8 Å². The fraction of sp³-hybridized carbons (Fsp3) is 0.611. The van der Waals surface area contributed by atoms with Gasteiger partial charge in [-0.05, 0) is 44.6 Å². The van der Waals surface area contributed by atoms with Crippen LogP contribution in [-0.2, 0) is 4.79 Å². The van der Waals surface area contributed by atoms with E-state index in [1.165, 1.54) is 19.3 Å². The lowest BCUT2D eigenvalue weighted by Gasteiger charge is -2.27. The molecule has 1 saturated carbocycles. The molecule has 1 amide bonds. The molecular weight excluding hydrogens is 292 g/mol. The average molecular weight is 318 g/mol. The molecule has 1 N–H and O–H groups in total. The van der Waals surface area contributed by atoms with E-state index in [1.807, 2.05) is 32.3 Å². The van der Waals surface area contributed by atoms with Gasteiger partial charge < -0.3 is 19.7 Å². The van der Waals surface area contributed by atoms with Gasteiger partial charge in [0.25, 0.3) is 0 Å². The smallest absolute Gasteiger partial charge is 0.231 e. The molecule has 5 nitrogen and oxygen atoms in total. The Hall–Kier alpha value is -1.75. The van der Waals surface area contributed by atoms with Crippen LogP contribution in [0, 0.1) is 5.92 Å². The summed E-state index contributed by atoms with van der Waals surface area (Å²) in [6.07, 6.45) is 5.68. The first kappa shape index (κ1) is 16.1. The highest BCUT2D eigenvalue weighted by Crippen LogP contribution is 2.35. The van der Waals surface area contributed by atoms with Crippen LogP contribution in [0.3, 0.4) is 0 Å². The summed E-state index contributed by atoms with van der Waals surface area (Å²) >= 11 is 0. The van der Waals surface area contributed by atoms with Gasteiger partial charge in [0.2, 0.25) is 12.7 Å². The second-order valence-electron chi connectivity index (χ2n) is 6.67. The van der Waals surface area contributed by atoms with Gasteiger partial charge in [0.05, 0.1) is 6.04 Å². The van der Waals surface area contributed by atoms with Gasteiger partial charge in [-0.25, -0.2) is 0 Å². The molecule has 1 atom stereocenters. The van der Waals surface area contributed by atoms with Crippen LogP contribution < -0.4 is 14.8 Å². The van der Waals surface area contributed by atoms with Crippen molar-refractivity contribution in [3.63, 3.8) is 0 Å². The maximum atomic E-state index is 12.4. The van der Waals surface area contributed by atoms with Crippen molar-refractivity contribution in [2.45, 2.75) is 38.1 Å². The number of amides is 1. The molecule has 1 aromatic rings. The quantitative estimate of drug-likeness (QED) is 0.907. The van der Waals surface area contributed by atoms with Crippen LogP contribution in [0.1, 0.15) is 43.7 Å². The molecule has 5 heteroatoms. The fourth-order valence-corrected chi connectivity index (χ4v) is 3.43. The molecule has 0 radical (unpaired) electrons. The lowest BCUT2D eigenvalue weighted by atomic mass is 9.88. The molecule has 0 unspecified atom stereocenters. The van der Waals surface area contributed by atoms with E-state index >= 15 is 0 Å². The Balaban J connectivity index is 1.63. The number of ether oxygens (including phenoxy) is 2. The van der Waals surface area contributed by atoms with Crippen LogP contribution in [0.5, 0.6) is 11.5 Å². The molecule has 1 aliphatic heterocycles. The van der Waals surface area contributed by atoms with Crippen molar-refractivity contribution < 1.29 is 14.3 Å². The first-order valence-corrected chi connectivity index (χ1v) is 8.49. The van der Waals surface area contributed by atoms with E-state index in [-0.39, 0.29) is 24.7 Å². The second kappa shape index (κ2) is 7.21. The number of fused-ring (bicyclic) bond motifs is 1. The molecule has 0 bridgehead atoms. The standard InChI is InChI=1S/C18H26N2O3/c1-20(2)15(11-19-18(21)13-6-4-3-5-7-13)14-8-9-16-17(10-14)23-12-22-16/h8-10,13,15H,3-7,11-12H2,1-2H3,(H,19,21)/t15-/m0/s1. The number of carbonyl (C=O) groups is 1. The summed E-state index contributed by atoms with van der Waals surface area (Å²) in [5.41, 5.74) is 1.13. The second-order valence-corrected chi connectivity index (χ2v) is 6.67. The number of hydrogen-bond acceptors (Lipinski definition) is 4. The Labute approximate surface area is 137 Å². The number of hydrogen-bond donors (Lipinski definition) is 1. The van der Waals surface area contributed by atoms with Crippen molar-refractivity contribution in [2.24, 2.45) is 5.92 Å². The average Bonchev–Trinajstić information content (AvgIpc) is 3.03. The van der Waals surface area contributed by atoms with Gasteiger partial charge in [0.15, 0.2) is 11.5 Å². The number of likely N-dealkylation sites (N-methyl/N-ethyl adjacent to an activating group) is 1. The van der Waals surface area contributed by atoms with Crippen molar-refractivity contribution in [3.8, 4) is 11.5 Å². The Morgan fingerprint density at radius 2 is 1.96 bits per heavy atom. The monoisotopic (exact) mass is 318 g/mol. The van der Waals surface area contributed by atoms with Gasteiger partial charge in [-0.15, -0.1) is 0 Å². The molecule has 1 fully saturated rings. The molecule has 1 heterocycles. The molecule has 23 heavy (non-hydrogen) atoms. The van der Waals surface area contributed by atoms with Gasteiger partial charge in [-0.2, -0.15) is 0 Å². The van der Waals surface area contributed by atoms with E-state index in [2.05, 4.69) is 10.2 Å². The van der Waals surface area contributed by atoms with E-state index in [0.29, 0.717) is 6.54 Å². The van der Waals surface area contributed by atoms with Gasteiger partial charge in [0.1, 0.15) is 0 Å². The summed E-state index contributed by atoms with van der Waals surface area (Å²) in [6, 6.07) is 6.12. The van der Waals surface area contributed by atoms with Crippen LogP contribution in [0.4, 0.5) is 0 Å². The largest absolute Gasteiger partial charge is 0.454 e. The van der Waals surface area contributed by atoms with Gasteiger partial charge in [-0.1, -0.05) is 25.3 Å². The normalized spacial score (nSPS) is 18.9. The van der Waals surface area contributed by atoms with Crippen molar-refractivity contribution in [1.29, 1.82) is 0 Å². The molecule has 1 aliphatic carbocycles. The fourth-order valence-electron chi connectivity index (χ4n) is 3.43. The Morgan fingerprint density at radius 3 is 2.70 bits per heavy atom. The lowest BCUT2D eigenvalue weighted by Crippen LogP contribution is -2.38. The van der Waals surface area contributed by atoms with Crippen LogP contribution in [0.2, 0.25) is 0 Å². The summed E-state index contributed by atoms with van der Waals surface area (Å²) in [6.45, 7) is 0.895. The third-order valence-corrected chi connectivity index (χ3v) is 4.85. The highest BCUT2D eigenvalue weighted by atomic mass is 16.7. The van der Waals surface area contributed by atoms with E-state index in [1.54, 1.807) is 0 Å². The molecule has 0 spiro atoms. The zero-order valence-corrected chi connectivity index (χ0v) is 14.0. The molecule has 1 aromatic carbocycles. The van der Waals surface area contributed by atoms with Crippen LogP contribution in [-0.4, -0.2) is 38.2 Å². The predicted octanol–water partition coefficient (Wildman–Crippen LogP) is 2.71.